The molecule has 26 heavy (non-hydrogen) atoms. The molecule has 1 heterocycles. The minimum atomic E-state index is -0.142. The molecule has 0 saturated carbocycles. The first-order valence-electron chi connectivity index (χ1n) is 8.13. The van der Waals surface area contributed by atoms with Crippen LogP contribution in [-0.4, -0.2) is 22.1 Å². The second kappa shape index (κ2) is 8.01. The van der Waals surface area contributed by atoms with Gasteiger partial charge in [-0.25, -0.2) is 0 Å². The summed E-state index contributed by atoms with van der Waals surface area (Å²) in [6.07, 6.45) is 0. The molecule has 134 valence electrons. The van der Waals surface area contributed by atoms with Gasteiger partial charge in [-0.3, -0.25) is 4.79 Å². The number of aromatic nitrogens is 2. The molecule has 0 atom stereocenters. The third-order valence-corrected chi connectivity index (χ3v) is 3.70. The van der Waals surface area contributed by atoms with Crippen molar-refractivity contribution >= 4 is 17.5 Å². The Hall–Kier alpha value is -2.86. The Balaban J connectivity index is 1.69. The van der Waals surface area contributed by atoms with E-state index < -0.39 is 0 Å². The molecule has 0 bridgehead atoms. The van der Waals surface area contributed by atoms with Gasteiger partial charge in [-0.05, 0) is 50.2 Å². The average molecular weight is 372 g/mol. The van der Waals surface area contributed by atoms with E-state index in [-0.39, 0.29) is 18.6 Å². The fourth-order valence-corrected chi connectivity index (χ4v) is 2.38. The third-order valence-electron chi connectivity index (χ3n) is 3.45. The molecule has 7 heteroatoms. The summed E-state index contributed by atoms with van der Waals surface area (Å²) in [6, 6.07) is 14.1. The van der Waals surface area contributed by atoms with Gasteiger partial charge in [0.25, 0.3) is 11.8 Å². The summed E-state index contributed by atoms with van der Waals surface area (Å²) in [6.45, 7) is 3.96. The van der Waals surface area contributed by atoms with E-state index in [9.17, 15) is 4.79 Å². The van der Waals surface area contributed by atoms with E-state index in [0.29, 0.717) is 33.6 Å². The van der Waals surface area contributed by atoms with Crippen LogP contribution in [0.5, 0.6) is 5.75 Å². The van der Waals surface area contributed by atoms with E-state index in [1.807, 2.05) is 19.9 Å². The number of benzene rings is 2. The predicted octanol–water partition coefficient (Wildman–Crippen LogP) is 4.11. The number of rotatable bonds is 6. The quantitative estimate of drug-likeness (QED) is 0.705. The van der Waals surface area contributed by atoms with E-state index >= 15 is 0 Å². The lowest BCUT2D eigenvalue weighted by Gasteiger charge is -2.08. The molecule has 6 nitrogen and oxygen atoms in total. The maximum atomic E-state index is 12.1. The van der Waals surface area contributed by atoms with Gasteiger partial charge in [0, 0.05) is 22.2 Å². The maximum absolute atomic E-state index is 12.1. The van der Waals surface area contributed by atoms with Crippen molar-refractivity contribution in [1.82, 2.24) is 15.5 Å². The summed E-state index contributed by atoms with van der Waals surface area (Å²) in [5.41, 5.74) is 1.24. The summed E-state index contributed by atoms with van der Waals surface area (Å²) in [5.74, 6) is 1.25. The van der Waals surface area contributed by atoms with Gasteiger partial charge < -0.3 is 14.6 Å². The highest BCUT2D eigenvalue weighted by atomic mass is 35.5. The number of hydrogen-bond acceptors (Lipinski definition) is 5. The van der Waals surface area contributed by atoms with Gasteiger partial charge in [0.05, 0.1) is 0 Å². The van der Waals surface area contributed by atoms with Gasteiger partial charge in [-0.15, -0.1) is 0 Å². The van der Waals surface area contributed by atoms with Crippen molar-refractivity contribution in [3.05, 3.63) is 65.0 Å². The highest BCUT2D eigenvalue weighted by Gasteiger charge is 2.12. The standard InChI is InChI=1S/C19H18ClN3O3/c1-12(2)21-19(24)14-5-3-4-13(10-14)18-22-17(26-23-18)11-25-16-8-6-15(20)7-9-16/h3-10,12H,11H2,1-2H3,(H,21,24). The zero-order valence-electron chi connectivity index (χ0n) is 14.4. The van der Waals surface area contributed by atoms with Crippen LogP contribution in [0.3, 0.4) is 0 Å². The van der Waals surface area contributed by atoms with E-state index in [0.717, 1.165) is 0 Å². The minimum absolute atomic E-state index is 0.0629. The monoisotopic (exact) mass is 371 g/mol. The molecule has 0 aliphatic rings. The molecule has 1 amide bonds. The number of halogens is 1. The Bertz CT molecular complexity index is 891. The molecule has 0 spiro atoms. The zero-order chi connectivity index (χ0) is 18.5. The average Bonchev–Trinajstić information content (AvgIpc) is 3.10. The first-order chi connectivity index (χ1) is 12.5. The number of nitrogens with one attached hydrogen (secondary N) is 1. The van der Waals surface area contributed by atoms with Gasteiger partial charge in [0.2, 0.25) is 5.82 Å². The van der Waals surface area contributed by atoms with Crippen molar-refractivity contribution in [3.8, 4) is 17.1 Å². The largest absolute Gasteiger partial charge is 0.484 e. The minimum Gasteiger partial charge on any atom is -0.484 e. The molecule has 0 saturated heterocycles. The molecule has 0 unspecified atom stereocenters. The number of carbonyl (C=O) groups excluding carboxylic acids is 1. The Morgan fingerprint density at radius 2 is 2.00 bits per heavy atom. The van der Waals surface area contributed by atoms with Crippen LogP contribution in [0.2, 0.25) is 5.02 Å². The summed E-state index contributed by atoms with van der Waals surface area (Å²) in [7, 11) is 0. The second-order valence-corrected chi connectivity index (χ2v) is 6.40. The number of carbonyl (C=O) groups is 1. The number of nitrogens with zero attached hydrogens (tertiary/aromatic N) is 2. The molecule has 0 aliphatic carbocycles. The van der Waals surface area contributed by atoms with Crippen molar-refractivity contribution in [2.45, 2.75) is 26.5 Å². The van der Waals surface area contributed by atoms with Gasteiger partial charge >= 0.3 is 0 Å². The van der Waals surface area contributed by atoms with Crippen LogP contribution in [0.25, 0.3) is 11.4 Å². The highest BCUT2D eigenvalue weighted by molar-refractivity contribution is 6.30. The second-order valence-electron chi connectivity index (χ2n) is 5.96. The van der Waals surface area contributed by atoms with Crippen LogP contribution in [0.15, 0.2) is 53.1 Å². The van der Waals surface area contributed by atoms with Crippen LogP contribution in [-0.2, 0) is 6.61 Å². The van der Waals surface area contributed by atoms with Crippen molar-refractivity contribution in [1.29, 1.82) is 0 Å². The topological polar surface area (TPSA) is 77.2 Å². The highest BCUT2D eigenvalue weighted by Crippen LogP contribution is 2.19. The molecular formula is C19H18ClN3O3. The van der Waals surface area contributed by atoms with Gasteiger partial charge in [0.1, 0.15) is 5.75 Å². The summed E-state index contributed by atoms with van der Waals surface area (Å²) >= 11 is 5.84. The van der Waals surface area contributed by atoms with Crippen molar-refractivity contribution < 1.29 is 14.1 Å². The molecule has 0 fully saturated rings. The van der Waals surface area contributed by atoms with Crippen molar-refractivity contribution in [3.63, 3.8) is 0 Å². The Kier molecular flexibility index (Phi) is 5.53. The van der Waals surface area contributed by atoms with E-state index in [1.54, 1.807) is 42.5 Å². The first kappa shape index (κ1) is 17.9. The fourth-order valence-electron chi connectivity index (χ4n) is 2.25. The first-order valence-corrected chi connectivity index (χ1v) is 8.51. The molecule has 3 aromatic rings. The molecule has 1 N–H and O–H groups in total. The number of hydrogen-bond donors (Lipinski definition) is 1. The van der Waals surface area contributed by atoms with Crippen LogP contribution in [0, 0.1) is 0 Å². The lowest BCUT2D eigenvalue weighted by molar-refractivity contribution is 0.0943. The smallest absolute Gasteiger partial charge is 0.264 e. The van der Waals surface area contributed by atoms with Gasteiger partial charge in [0.15, 0.2) is 6.61 Å². The molecule has 3 rings (SSSR count). The summed E-state index contributed by atoms with van der Waals surface area (Å²) in [4.78, 5) is 16.4. The molecule has 2 aromatic carbocycles. The SMILES string of the molecule is CC(C)NC(=O)c1cccc(-c2noc(COc3ccc(Cl)cc3)n2)c1. The Morgan fingerprint density at radius 1 is 1.23 bits per heavy atom. The fraction of sp³-hybridized carbons (Fsp3) is 0.211. The third kappa shape index (κ3) is 4.61. The van der Waals surface area contributed by atoms with Crippen LogP contribution in [0.4, 0.5) is 0 Å². The Labute approximate surface area is 156 Å². The molecule has 0 aliphatic heterocycles. The lowest BCUT2D eigenvalue weighted by atomic mass is 10.1. The van der Waals surface area contributed by atoms with Gasteiger partial charge in [-0.1, -0.05) is 28.9 Å². The van der Waals surface area contributed by atoms with Crippen LogP contribution < -0.4 is 10.1 Å². The van der Waals surface area contributed by atoms with E-state index in [2.05, 4.69) is 15.5 Å². The van der Waals surface area contributed by atoms with Crippen LogP contribution in [0.1, 0.15) is 30.1 Å². The molecule has 1 aromatic heterocycles. The predicted molar refractivity (Wildman–Crippen MR) is 98.1 cm³/mol. The van der Waals surface area contributed by atoms with E-state index in [1.165, 1.54) is 0 Å². The van der Waals surface area contributed by atoms with Gasteiger partial charge in [-0.2, -0.15) is 4.98 Å². The number of amides is 1. The van der Waals surface area contributed by atoms with Crippen LogP contribution >= 0.6 is 11.6 Å². The van der Waals surface area contributed by atoms with Crippen molar-refractivity contribution in [2.75, 3.05) is 0 Å². The number of ether oxygens (including phenoxy) is 1. The molecular weight excluding hydrogens is 354 g/mol. The summed E-state index contributed by atoms with van der Waals surface area (Å²) < 4.78 is 10.8. The zero-order valence-corrected chi connectivity index (χ0v) is 15.2. The molecule has 0 radical (unpaired) electrons. The Morgan fingerprint density at radius 3 is 2.73 bits per heavy atom. The normalized spacial score (nSPS) is 10.8. The van der Waals surface area contributed by atoms with E-state index in [4.69, 9.17) is 20.9 Å². The van der Waals surface area contributed by atoms with Crippen molar-refractivity contribution in [2.24, 2.45) is 0 Å². The maximum Gasteiger partial charge on any atom is 0.264 e. The summed E-state index contributed by atoms with van der Waals surface area (Å²) in [5, 5.41) is 7.45. The lowest BCUT2D eigenvalue weighted by Crippen LogP contribution is -2.30.